The van der Waals surface area contributed by atoms with Crippen molar-refractivity contribution in [2.75, 3.05) is 9.80 Å². The Kier molecular flexibility index (Phi) is 4.36. The van der Waals surface area contributed by atoms with Crippen LogP contribution in [0.5, 0.6) is 5.75 Å². The van der Waals surface area contributed by atoms with Gasteiger partial charge in [-0.05, 0) is 50.2 Å². The van der Waals surface area contributed by atoms with Crippen molar-refractivity contribution in [1.82, 2.24) is 0 Å². The van der Waals surface area contributed by atoms with Crippen molar-refractivity contribution in [3.05, 3.63) is 89.5 Å². The fraction of sp³-hybridized carbons (Fsp3) is 0.160. The average molecular weight is 412 g/mol. The summed E-state index contributed by atoms with van der Waals surface area (Å²) in [5.41, 5.74) is 3.46. The minimum absolute atomic E-state index is 0.301. The van der Waals surface area contributed by atoms with Crippen molar-refractivity contribution in [3.8, 4) is 5.75 Å². The van der Waals surface area contributed by atoms with Crippen LogP contribution in [0.4, 0.5) is 16.2 Å². The van der Waals surface area contributed by atoms with E-state index in [9.17, 15) is 14.4 Å². The van der Waals surface area contributed by atoms with E-state index in [1.807, 2.05) is 38.1 Å². The minimum atomic E-state index is -1.11. The van der Waals surface area contributed by atoms with E-state index in [2.05, 4.69) is 0 Å². The maximum absolute atomic E-state index is 13.6. The molecule has 0 bridgehead atoms. The van der Waals surface area contributed by atoms with E-state index in [1.165, 1.54) is 4.90 Å². The standard InChI is InChI=1S/C25H20N2O4/c1-15-7-11-17(12-8-15)26-21(23-22(28)19-5-3-4-6-20(19)31-23)24(29)27(25(26)30)18-13-9-16(2)10-14-18/h3-14,21,23H,1-2H3/t21-,23+/m1/s1. The molecule has 6 nitrogen and oxygen atoms in total. The smallest absolute Gasteiger partial charge is 0.336 e. The van der Waals surface area contributed by atoms with Crippen molar-refractivity contribution in [3.63, 3.8) is 0 Å². The first-order chi connectivity index (χ1) is 15.0. The number of anilines is 2. The number of ether oxygens (including phenoxy) is 1. The molecular weight excluding hydrogens is 392 g/mol. The van der Waals surface area contributed by atoms with Crippen molar-refractivity contribution < 1.29 is 19.1 Å². The molecule has 1 fully saturated rings. The molecule has 5 rings (SSSR count). The van der Waals surface area contributed by atoms with Crippen LogP contribution in [0.3, 0.4) is 0 Å². The Hall–Kier alpha value is -3.93. The summed E-state index contributed by atoms with van der Waals surface area (Å²) in [6.45, 7) is 3.87. The maximum Gasteiger partial charge on any atom is 0.336 e. The van der Waals surface area contributed by atoms with E-state index < -0.39 is 24.1 Å². The molecule has 0 saturated carbocycles. The van der Waals surface area contributed by atoms with E-state index >= 15 is 0 Å². The molecular formula is C25H20N2O4. The monoisotopic (exact) mass is 412 g/mol. The number of rotatable bonds is 3. The molecule has 2 aliphatic rings. The number of para-hydroxylation sites is 1. The zero-order valence-corrected chi connectivity index (χ0v) is 17.1. The summed E-state index contributed by atoms with van der Waals surface area (Å²) >= 11 is 0. The van der Waals surface area contributed by atoms with Gasteiger partial charge in [0.2, 0.25) is 5.78 Å². The van der Waals surface area contributed by atoms with Gasteiger partial charge in [-0.2, -0.15) is 0 Å². The third-order valence-corrected chi connectivity index (χ3v) is 5.70. The lowest BCUT2D eigenvalue weighted by molar-refractivity contribution is -0.119. The summed E-state index contributed by atoms with van der Waals surface area (Å²) in [5, 5.41) is 0. The summed E-state index contributed by atoms with van der Waals surface area (Å²) in [6.07, 6.45) is -1.11. The van der Waals surface area contributed by atoms with Gasteiger partial charge in [0.15, 0.2) is 12.1 Å². The largest absolute Gasteiger partial charge is 0.479 e. The second-order valence-electron chi connectivity index (χ2n) is 7.84. The van der Waals surface area contributed by atoms with Gasteiger partial charge in [-0.25, -0.2) is 9.69 Å². The first-order valence-electron chi connectivity index (χ1n) is 10.1. The van der Waals surface area contributed by atoms with E-state index in [-0.39, 0.29) is 5.78 Å². The summed E-state index contributed by atoms with van der Waals surface area (Å²) in [4.78, 5) is 42.7. The number of Topliss-reactive ketones (excluding diaryl/α,β-unsaturated/α-hetero) is 1. The number of urea groups is 1. The van der Waals surface area contributed by atoms with E-state index in [0.717, 1.165) is 16.0 Å². The van der Waals surface area contributed by atoms with Crippen molar-refractivity contribution in [2.45, 2.75) is 26.0 Å². The molecule has 0 spiro atoms. The van der Waals surface area contributed by atoms with Gasteiger partial charge in [-0.1, -0.05) is 47.5 Å². The van der Waals surface area contributed by atoms with Crippen molar-refractivity contribution in [1.29, 1.82) is 0 Å². The lowest BCUT2D eigenvalue weighted by atomic mass is 10.0. The molecule has 0 aliphatic carbocycles. The second-order valence-corrected chi connectivity index (χ2v) is 7.84. The van der Waals surface area contributed by atoms with Gasteiger partial charge in [0, 0.05) is 5.69 Å². The fourth-order valence-electron chi connectivity index (χ4n) is 4.06. The number of hydrogen-bond acceptors (Lipinski definition) is 4. The number of carbonyl (C=O) groups is 3. The van der Waals surface area contributed by atoms with Crippen molar-refractivity contribution in [2.24, 2.45) is 0 Å². The highest BCUT2D eigenvalue weighted by Gasteiger charge is 2.55. The lowest BCUT2D eigenvalue weighted by Gasteiger charge is -2.25. The molecule has 1 saturated heterocycles. The quantitative estimate of drug-likeness (QED) is 0.602. The number of fused-ring (bicyclic) bond motifs is 1. The first-order valence-corrected chi connectivity index (χ1v) is 10.1. The van der Waals surface area contributed by atoms with Gasteiger partial charge in [0.25, 0.3) is 5.91 Å². The number of ketones is 1. The van der Waals surface area contributed by atoms with Gasteiger partial charge in [0.05, 0.1) is 11.3 Å². The summed E-state index contributed by atoms with van der Waals surface area (Å²) < 4.78 is 5.91. The highest BCUT2D eigenvalue weighted by Crippen LogP contribution is 2.37. The Balaban J connectivity index is 1.61. The number of imide groups is 1. The van der Waals surface area contributed by atoms with Gasteiger partial charge >= 0.3 is 6.03 Å². The normalized spacial score (nSPS) is 20.3. The average Bonchev–Trinajstić information content (AvgIpc) is 3.23. The van der Waals surface area contributed by atoms with Gasteiger partial charge < -0.3 is 4.74 Å². The maximum atomic E-state index is 13.6. The first kappa shape index (κ1) is 19.1. The summed E-state index contributed by atoms with van der Waals surface area (Å²) in [7, 11) is 0. The number of hydrogen-bond donors (Lipinski definition) is 0. The molecule has 2 heterocycles. The van der Waals surface area contributed by atoms with E-state index in [4.69, 9.17) is 4.74 Å². The Bertz CT molecular complexity index is 1200. The molecule has 0 aromatic heterocycles. The van der Waals surface area contributed by atoms with Crippen LogP contribution in [0.2, 0.25) is 0 Å². The van der Waals surface area contributed by atoms with Crippen LogP contribution in [0, 0.1) is 13.8 Å². The van der Waals surface area contributed by atoms with Crippen LogP contribution < -0.4 is 14.5 Å². The predicted octanol–water partition coefficient (Wildman–Crippen LogP) is 4.29. The topological polar surface area (TPSA) is 66.9 Å². The van der Waals surface area contributed by atoms with Crippen LogP contribution in [-0.2, 0) is 4.79 Å². The number of amides is 3. The van der Waals surface area contributed by atoms with Crippen LogP contribution in [0.1, 0.15) is 21.5 Å². The van der Waals surface area contributed by atoms with Gasteiger partial charge in [0.1, 0.15) is 5.75 Å². The van der Waals surface area contributed by atoms with Crippen LogP contribution in [-0.4, -0.2) is 29.9 Å². The minimum Gasteiger partial charge on any atom is -0.479 e. The third kappa shape index (κ3) is 2.99. The van der Waals surface area contributed by atoms with Gasteiger partial charge in [-0.3, -0.25) is 14.5 Å². The molecule has 3 aromatic rings. The molecule has 2 aliphatic heterocycles. The molecule has 154 valence electrons. The number of carbonyl (C=O) groups excluding carboxylic acids is 3. The van der Waals surface area contributed by atoms with Crippen LogP contribution >= 0.6 is 0 Å². The highest BCUT2D eigenvalue weighted by atomic mass is 16.5. The SMILES string of the molecule is Cc1ccc(N2C(=O)[C@@H]([C@@H]3Oc4ccccc4C3=O)N(c3ccc(C)cc3)C2=O)cc1. The van der Waals surface area contributed by atoms with Crippen LogP contribution in [0.15, 0.2) is 72.8 Å². The zero-order chi connectivity index (χ0) is 21.7. The second kappa shape index (κ2) is 7.09. The lowest BCUT2D eigenvalue weighted by Crippen LogP contribution is -2.49. The Morgan fingerprint density at radius 3 is 1.94 bits per heavy atom. The third-order valence-electron chi connectivity index (χ3n) is 5.70. The molecule has 0 N–H and O–H groups in total. The number of benzene rings is 3. The fourth-order valence-corrected chi connectivity index (χ4v) is 4.06. The predicted molar refractivity (Wildman–Crippen MR) is 117 cm³/mol. The van der Waals surface area contributed by atoms with E-state index in [0.29, 0.717) is 22.7 Å². The van der Waals surface area contributed by atoms with E-state index in [1.54, 1.807) is 48.5 Å². The summed E-state index contributed by atoms with van der Waals surface area (Å²) in [5.74, 6) is -0.361. The Morgan fingerprint density at radius 1 is 0.742 bits per heavy atom. The number of aryl methyl sites for hydroxylation is 2. The molecule has 3 amide bonds. The molecule has 6 heteroatoms. The molecule has 0 unspecified atom stereocenters. The molecule has 31 heavy (non-hydrogen) atoms. The summed E-state index contributed by atoms with van der Waals surface area (Å²) in [6, 6.07) is 19.7. The van der Waals surface area contributed by atoms with Crippen LogP contribution in [0.25, 0.3) is 0 Å². The molecule has 0 radical (unpaired) electrons. The highest BCUT2D eigenvalue weighted by molar-refractivity contribution is 6.30. The molecule has 2 atom stereocenters. The molecule has 3 aromatic carbocycles. The number of nitrogens with zero attached hydrogens (tertiary/aromatic N) is 2. The van der Waals surface area contributed by atoms with Crippen molar-refractivity contribution >= 4 is 29.1 Å². The Morgan fingerprint density at radius 2 is 1.32 bits per heavy atom. The Labute approximate surface area is 179 Å². The van der Waals surface area contributed by atoms with Gasteiger partial charge in [-0.15, -0.1) is 0 Å². The zero-order valence-electron chi connectivity index (χ0n) is 17.1.